The van der Waals surface area contributed by atoms with Gasteiger partial charge in [0.05, 0.1) is 17.9 Å². The molecule has 3 N–H and O–H groups in total. The Bertz CT molecular complexity index is 1100. The molecule has 0 aliphatic heterocycles. The normalized spacial score (nSPS) is 38.3. The highest BCUT2D eigenvalue weighted by atomic mass is 16.3. The van der Waals surface area contributed by atoms with E-state index >= 15 is 0 Å². The fourth-order valence-corrected chi connectivity index (χ4v) is 8.47. The average Bonchev–Trinajstić information content (AvgIpc) is 3.11. The van der Waals surface area contributed by atoms with Crippen LogP contribution in [0.4, 0.5) is 5.69 Å². The zero-order valence-corrected chi connectivity index (χ0v) is 21.6. The van der Waals surface area contributed by atoms with Crippen LogP contribution < -0.4 is 5.32 Å². The van der Waals surface area contributed by atoms with Gasteiger partial charge in [-0.1, -0.05) is 26.3 Å². The first-order chi connectivity index (χ1) is 16.5. The summed E-state index contributed by atoms with van der Waals surface area (Å²) < 4.78 is 0. The number of aromatic hydroxyl groups is 1. The maximum absolute atomic E-state index is 13.6. The maximum atomic E-state index is 13.6. The number of hydrogen-bond donors (Lipinski definition) is 3. The van der Waals surface area contributed by atoms with Crippen LogP contribution in [0.5, 0.6) is 5.75 Å². The number of nitrogens with one attached hydrogen (secondary N) is 1. The fraction of sp³-hybridized carbons (Fsp3) is 0.690. The van der Waals surface area contributed by atoms with E-state index in [2.05, 4.69) is 24.1 Å². The van der Waals surface area contributed by atoms with E-state index in [0.717, 1.165) is 44.2 Å². The number of hydrogen-bond acceptors (Lipinski definition) is 6. The molecule has 5 rings (SSSR count). The molecule has 1 aromatic heterocycles. The Morgan fingerprint density at radius 2 is 1.89 bits per heavy atom. The minimum absolute atomic E-state index is 0.0141. The van der Waals surface area contributed by atoms with Crippen molar-refractivity contribution >= 4 is 17.3 Å². The standard InChI is InChI=1S/C29H40N2O4/c1-5-23-26(34)24(14-17(2)31-23)30-16-25(33)29(35)13-10-22-20-7-6-18-15-19(32)8-11-27(18,3)21(20)9-12-28(22,29)4/h14-15,20-22,34-35H,5-13,16H2,1-4H3,(H,30,31)/t20-,21+,22+,27-,28-,29-/m0/s1. The summed E-state index contributed by atoms with van der Waals surface area (Å²) in [4.78, 5) is 30.0. The summed E-state index contributed by atoms with van der Waals surface area (Å²) in [5, 5.41) is 25.6. The van der Waals surface area contributed by atoms with Crippen LogP contribution in [0.25, 0.3) is 0 Å². The largest absolute Gasteiger partial charge is 0.504 e. The van der Waals surface area contributed by atoms with E-state index in [0.29, 0.717) is 48.4 Å². The molecular formula is C29H40N2O4. The van der Waals surface area contributed by atoms with Gasteiger partial charge in [0.15, 0.2) is 17.3 Å². The predicted octanol–water partition coefficient (Wildman–Crippen LogP) is 4.90. The van der Waals surface area contributed by atoms with Crippen LogP contribution in [-0.4, -0.2) is 38.9 Å². The van der Waals surface area contributed by atoms with Crippen molar-refractivity contribution in [1.29, 1.82) is 0 Å². The molecular weight excluding hydrogens is 440 g/mol. The Morgan fingerprint density at radius 3 is 2.63 bits per heavy atom. The van der Waals surface area contributed by atoms with E-state index in [-0.39, 0.29) is 29.3 Å². The smallest absolute Gasteiger partial charge is 0.183 e. The van der Waals surface area contributed by atoms with E-state index in [1.165, 1.54) is 5.57 Å². The number of pyridine rings is 1. The van der Waals surface area contributed by atoms with E-state index in [1.54, 1.807) is 6.07 Å². The van der Waals surface area contributed by atoms with Gasteiger partial charge >= 0.3 is 0 Å². The van der Waals surface area contributed by atoms with Crippen molar-refractivity contribution in [1.82, 2.24) is 4.98 Å². The van der Waals surface area contributed by atoms with Gasteiger partial charge < -0.3 is 15.5 Å². The summed E-state index contributed by atoms with van der Waals surface area (Å²) in [6, 6.07) is 1.75. The molecule has 0 radical (unpaired) electrons. The Hall–Kier alpha value is -2.21. The summed E-state index contributed by atoms with van der Waals surface area (Å²) in [6.07, 6.45) is 9.30. The molecule has 0 aromatic carbocycles. The molecule has 1 aromatic rings. The van der Waals surface area contributed by atoms with Crippen molar-refractivity contribution in [2.45, 2.75) is 91.1 Å². The second-order valence-electron chi connectivity index (χ2n) is 12.1. The van der Waals surface area contributed by atoms with Crippen LogP contribution >= 0.6 is 0 Å². The fourth-order valence-electron chi connectivity index (χ4n) is 8.47. The quantitative estimate of drug-likeness (QED) is 0.554. The lowest BCUT2D eigenvalue weighted by molar-refractivity contribution is -0.160. The van der Waals surface area contributed by atoms with Crippen molar-refractivity contribution in [3.05, 3.63) is 29.1 Å². The van der Waals surface area contributed by atoms with Gasteiger partial charge in [0.2, 0.25) is 0 Å². The number of anilines is 1. The highest BCUT2D eigenvalue weighted by Gasteiger charge is 2.66. The Labute approximate surface area is 208 Å². The zero-order valence-electron chi connectivity index (χ0n) is 21.6. The lowest BCUT2D eigenvalue weighted by Crippen LogP contribution is -2.58. The number of aliphatic hydroxyl groups is 1. The first-order valence-corrected chi connectivity index (χ1v) is 13.5. The summed E-state index contributed by atoms with van der Waals surface area (Å²) in [5.41, 5.74) is 1.50. The number of carbonyl (C=O) groups is 2. The summed E-state index contributed by atoms with van der Waals surface area (Å²) in [6.45, 7) is 8.28. The number of aryl methyl sites for hydroxylation is 2. The first kappa shape index (κ1) is 24.5. The number of ketones is 2. The molecule has 3 fully saturated rings. The molecule has 4 aliphatic carbocycles. The molecule has 6 atom stereocenters. The summed E-state index contributed by atoms with van der Waals surface area (Å²) >= 11 is 0. The van der Waals surface area contributed by atoms with E-state index in [4.69, 9.17) is 0 Å². The third kappa shape index (κ3) is 3.58. The van der Waals surface area contributed by atoms with Crippen LogP contribution in [0.1, 0.15) is 83.5 Å². The molecule has 0 bridgehead atoms. The van der Waals surface area contributed by atoms with Crippen LogP contribution in [-0.2, 0) is 16.0 Å². The van der Waals surface area contributed by atoms with E-state index in [9.17, 15) is 19.8 Å². The molecule has 0 unspecified atom stereocenters. The van der Waals surface area contributed by atoms with Crippen molar-refractivity contribution in [3.63, 3.8) is 0 Å². The number of nitrogens with zero attached hydrogens (tertiary/aromatic N) is 1. The molecule has 6 nitrogen and oxygen atoms in total. The number of aromatic nitrogens is 1. The van der Waals surface area contributed by atoms with E-state index < -0.39 is 11.0 Å². The summed E-state index contributed by atoms with van der Waals surface area (Å²) in [7, 11) is 0. The highest BCUT2D eigenvalue weighted by Crippen LogP contribution is 2.67. The lowest BCUT2D eigenvalue weighted by Gasteiger charge is -2.58. The number of rotatable bonds is 5. The predicted molar refractivity (Wildman–Crippen MR) is 135 cm³/mol. The lowest BCUT2D eigenvalue weighted by atomic mass is 9.46. The first-order valence-electron chi connectivity index (χ1n) is 13.5. The van der Waals surface area contributed by atoms with Crippen LogP contribution in [0.3, 0.4) is 0 Å². The average molecular weight is 481 g/mol. The topological polar surface area (TPSA) is 99.5 Å². The summed E-state index contributed by atoms with van der Waals surface area (Å²) in [5.74, 6) is 1.49. The Balaban J connectivity index is 1.35. The van der Waals surface area contributed by atoms with Gasteiger partial charge in [-0.15, -0.1) is 0 Å². The van der Waals surface area contributed by atoms with Crippen molar-refractivity contribution in [2.75, 3.05) is 11.9 Å². The van der Waals surface area contributed by atoms with Crippen molar-refractivity contribution < 1.29 is 19.8 Å². The van der Waals surface area contributed by atoms with Crippen LogP contribution in [0.2, 0.25) is 0 Å². The monoisotopic (exact) mass is 480 g/mol. The molecule has 190 valence electrons. The molecule has 0 saturated heterocycles. The second kappa shape index (κ2) is 8.43. The van der Waals surface area contributed by atoms with Crippen molar-refractivity contribution in [3.8, 4) is 5.75 Å². The second-order valence-corrected chi connectivity index (χ2v) is 12.1. The Kier molecular flexibility index (Phi) is 5.90. The number of allylic oxidation sites excluding steroid dienone is 1. The SMILES string of the molecule is CCc1nc(C)cc(NCC(=O)[C@@]2(O)CC[C@@H]3[C@H]4CCC5=CC(=O)CC[C@]5(C)[C@@H]4CC[C@@]32C)c1O. The maximum Gasteiger partial charge on any atom is 0.183 e. The number of carbonyl (C=O) groups excluding carboxylic acids is 2. The third-order valence-electron chi connectivity index (χ3n) is 10.5. The van der Waals surface area contributed by atoms with Crippen LogP contribution in [0.15, 0.2) is 17.7 Å². The molecule has 3 saturated carbocycles. The molecule has 6 heteroatoms. The number of Topliss-reactive ketones (excluding diaryl/α,β-unsaturated/α-hetero) is 1. The molecule has 1 heterocycles. The van der Waals surface area contributed by atoms with Crippen LogP contribution in [0, 0.1) is 35.5 Å². The van der Waals surface area contributed by atoms with Gasteiger partial charge in [-0.05, 0) is 93.6 Å². The van der Waals surface area contributed by atoms with Gasteiger partial charge in [0.25, 0.3) is 0 Å². The third-order valence-corrected chi connectivity index (χ3v) is 10.5. The van der Waals surface area contributed by atoms with Gasteiger partial charge in [-0.25, -0.2) is 0 Å². The van der Waals surface area contributed by atoms with Gasteiger partial charge in [0, 0.05) is 17.5 Å². The zero-order chi connectivity index (χ0) is 25.2. The number of fused-ring (bicyclic) bond motifs is 5. The minimum atomic E-state index is -1.36. The van der Waals surface area contributed by atoms with Gasteiger partial charge in [0.1, 0.15) is 5.60 Å². The van der Waals surface area contributed by atoms with E-state index in [1.807, 2.05) is 19.9 Å². The Morgan fingerprint density at radius 1 is 1.14 bits per heavy atom. The van der Waals surface area contributed by atoms with Gasteiger partial charge in [-0.2, -0.15) is 0 Å². The molecule has 0 amide bonds. The van der Waals surface area contributed by atoms with Gasteiger partial charge in [-0.3, -0.25) is 14.6 Å². The molecule has 0 spiro atoms. The van der Waals surface area contributed by atoms with Crippen molar-refractivity contribution in [2.24, 2.45) is 28.6 Å². The molecule has 35 heavy (non-hydrogen) atoms. The molecule has 4 aliphatic rings. The highest BCUT2D eigenvalue weighted by molar-refractivity contribution is 5.92. The minimum Gasteiger partial charge on any atom is -0.504 e.